The summed E-state index contributed by atoms with van der Waals surface area (Å²) in [6, 6.07) is 10.9. The number of fused-ring (bicyclic) bond motifs is 2. The standard InChI is InChI=1S/C34H33F2N9O3/c1-4-30(46)44-13-9-22(10-14-44)24-6-7-25-31(32(24)48-27-11-12-43(3)17-34(27,35)36)33(39-18-37-25)42-23-5-8-26(21(2)15-23)47-29-16-28-38-19-41-45(28)20-40-29/h4-9,15-16,18-20,27H,1,10-14,17H2,2-3H3,(H,37,39,42)/t27-/m1/s1. The molecular weight excluding hydrogens is 620 g/mol. The Labute approximate surface area is 274 Å². The Morgan fingerprint density at radius 2 is 1.98 bits per heavy atom. The normalized spacial score (nSPS) is 18.0. The van der Waals surface area contributed by atoms with Crippen LogP contribution >= 0.6 is 0 Å². The van der Waals surface area contributed by atoms with Crippen molar-refractivity contribution in [3.8, 4) is 17.4 Å². The molecule has 1 saturated heterocycles. The number of carbonyl (C=O) groups excluding carboxylic acids is 1. The highest BCUT2D eigenvalue weighted by molar-refractivity contribution is 5.99. The fourth-order valence-electron chi connectivity index (χ4n) is 6.07. The van der Waals surface area contributed by atoms with E-state index in [1.807, 2.05) is 43.3 Å². The van der Waals surface area contributed by atoms with Gasteiger partial charge in [-0.25, -0.2) is 33.2 Å². The molecule has 1 fully saturated rings. The Morgan fingerprint density at radius 3 is 2.75 bits per heavy atom. The molecule has 5 aromatic rings. The van der Waals surface area contributed by atoms with Crippen molar-refractivity contribution in [3.05, 3.63) is 85.2 Å². The van der Waals surface area contributed by atoms with Gasteiger partial charge in [0.15, 0.2) is 11.8 Å². The van der Waals surface area contributed by atoms with Crippen LogP contribution in [0.1, 0.15) is 24.0 Å². The summed E-state index contributed by atoms with van der Waals surface area (Å²) in [5.41, 5.74) is 4.20. The van der Waals surface area contributed by atoms with Gasteiger partial charge in [-0.2, -0.15) is 5.10 Å². The molecule has 0 bridgehead atoms. The molecule has 2 aliphatic rings. The fourth-order valence-corrected chi connectivity index (χ4v) is 6.07. The first-order valence-electron chi connectivity index (χ1n) is 15.5. The van der Waals surface area contributed by atoms with Gasteiger partial charge in [0.25, 0.3) is 5.92 Å². The van der Waals surface area contributed by atoms with Gasteiger partial charge in [0, 0.05) is 43.4 Å². The van der Waals surface area contributed by atoms with Gasteiger partial charge in [-0.1, -0.05) is 12.7 Å². The number of nitrogens with one attached hydrogen (secondary N) is 1. The van der Waals surface area contributed by atoms with Crippen molar-refractivity contribution in [1.29, 1.82) is 0 Å². The first-order chi connectivity index (χ1) is 23.2. The first-order valence-corrected chi connectivity index (χ1v) is 15.5. The number of ether oxygens (including phenoxy) is 2. The average Bonchev–Trinajstić information content (AvgIpc) is 3.55. The third kappa shape index (κ3) is 6.13. The van der Waals surface area contributed by atoms with Gasteiger partial charge in [0.05, 0.1) is 17.4 Å². The van der Waals surface area contributed by atoms with E-state index in [4.69, 9.17) is 9.47 Å². The molecular formula is C34H33F2N9O3. The fraction of sp³-hybridized carbons (Fsp3) is 0.294. The smallest absolute Gasteiger partial charge is 0.296 e. The molecule has 1 amide bonds. The van der Waals surface area contributed by atoms with Crippen molar-refractivity contribution in [2.75, 3.05) is 38.5 Å². The Kier molecular flexibility index (Phi) is 8.17. The summed E-state index contributed by atoms with van der Waals surface area (Å²) in [6.45, 7) is 6.38. The van der Waals surface area contributed by atoms with Gasteiger partial charge in [-0.3, -0.25) is 4.79 Å². The molecule has 0 saturated carbocycles. The van der Waals surface area contributed by atoms with Crippen LogP contribution in [0, 0.1) is 6.92 Å². The highest BCUT2D eigenvalue weighted by Gasteiger charge is 2.46. The van der Waals surface area contributed by atoms with E-state index in [-0.39, 0.29) is 18.1 Å². The van der Waals surface area contributed by atoms with E-state index in [1.165, 1.54) is 25.1 Å². The highest BCUT2D eigenvalue weighted by Crippen LogP contribution is 2.42. The van der Waals surface area contributed by atoms with Gasteiger partial charge in [0.2, 0.25) is 11.8 Å². The molecule has 3 aromatic heterocycles. The lowest BCUT2D eigenvalue weighted by atomic mass is 9.96. The first kappa shape index (κ1) is 31.1. The summed E-state index contributed by atoms with van der Waals surface area (Å²) in [7, 11) is 1.68. The molecule has 7 rings (SSSR count). The number of halogens is 2. The molecule has 12 nitrogen and oxygen atoms in total. The summed E-state index contributed by atoms with van der Waals surface area (Å²) < 4.78 is 44.7. The van der Waals surface area contributed by atoms with Gasteiger partial charge in [0.1, 0.15) is 36.3 Å². The topological polar surface area (TPSA) is 123 Å². The van der Waals surface area contributed by atoms with Crippen LogP contribution < -0.4 is 14.8 Å². The Balaban J connectivity index is 1.25. The van der Waals surface area contributed by atoms with Crippen molar-refractivity contribution in [2.24, 2.45) is 0 Å². The maximum Gasteiger partial charge on any atom is 0.296 e. The van der Waals surface area contributed by atoms with Crippen molar-refractivity contribution in [2.45, 2.75) is 31.8 Å². The zero-order valence-electron chi connectivity index (χ0n) is 26.4. The van der Waals surface area contributed by atoms with E-state index >= 15 is 8.78 Å². The molecule has 48 heavy (non-hydrogen) atoms. The number of piperidine rings is 1. The molecule has 0 unspecified atom stereocenters. The summed E-state index contributed by atoms with van der Waals surface area (Å²) in [5.74, 6) is -1.59. The number of aryl methyl sites for hydroxylation is 1. The second-order valence-electron chi connectivity index (χ2n) is 11.9. The number of likely N-dealkylation sites (tertiary alicyclic amines) is 1. The molecule has 14 heteroatoms. The number of aromatic nitrogens is 6. The van der Waals surface area contributed by atoms with Crippen molar-refractivity contribution in [1.82, 2.24) is 39.3 Å². The number of nitrogens with zero attached hydrogens (tertiary/aromatic N) is 8. The quantitative estimate of drug-likeness (QED) is 0.217. The number of hydrogen-bond donors (Lipinski definition) is 1. The van der Waals surface area contributed by atoms with Crippen LogP contribution in [0.3, 0.4) is 0 Å². The summed E-state index contributed by atoms with van der Waals surface area (Å²) in [5, 5.41) is 7.90. The number of anilines is 2. The minimum atomic E-state index is -3.08. The van der Waals surface area contributed by atoms with Gasteiger partial charge >= 0.3 is 0 Å². The van der Waals surface area contributed by atoms with E-state index in [1.54, 1.807) is 27.4 Å². The molecule has 1 atom stereocenters. The van der Waals surface area contributed by atoms with E-state index < -0.39 is 18.6 Å². The Morgan fingerprint density at radius 1 is 1.10 bits per heavy atom. The van der Waals surface area contributed by atoms with E-state index in [9.17, 15) is 4.79 Å². The van der Waals surface area contributed by atoms with Crippen molar-refractivity contribution < 1.29 is 23.0 Å². The predicted octanol–water partition coefficient (Wildman–Crippen LogP) is 5.43. The van der Waals surface area contributed by atoms with Crippen LogP contribution in [0.25, 0.3) is 22.1 Å². The monoisotopic (exact) mass is 653 g/mol. The lowest BCUT2D eigenvalue weighted by molar-refractivity contribution is -0.134. The maximum atomic E-state index is 15.4. The van der Waals surface area contributed by atoms with Crippen LogP contribution in [-0.2, 0) is 4.79 Å². The SMILES string of the molecule is C=CC(=O)N1CC=C(c2ccc3ncnc(Nc4ccc(Oc5cc6ncnn6cn5)c(C)c4)c3c2O[C@@H]2CCN(C)CC2(F)F)CC1. The lowest BCUT2D eigenvalue weighted by Gasteiger charge is -2.37. The number of benzene rings is 2. The number of carbonyl (C=O) groups is 1. The number of alkyl halides is 2. The summed E-state index contributed by atoms with van der Waals surface area (Å²) in [6.07, 6.45) is 6.92. The van der Waals surface area contributed by atoms with Crippen LogP contribution in [0.4, 0.5) is 20.3 Å². The van der Waals surface area contributed by atoms with Crippen LogP contribution in [0.15, 0.2) is 74.1 Å². The minimum Gasteiger partial charge on any atom is -0.483 e. The zero-order chi connectivity index (χ0) is 33.4. The van der Waals surface area contributed by atoms with E-state index in [0.717, 1.165) is 11.1 Å². The Bertz CT molecular complexity index is 2060. The molecule has 0 radical (unpaired) electrons. The highest BCUT2D eigenvalue weighted by atomic mass is 19.3. The summed E-state index contributed by atoms with van der Waals surface area (Å²) in [4.78, 5) is 33.0. The predicted molar refractivity (Wildman–Crippen MR) is 176 cm³/mol. The van der Waals surface area contributed by atoms with Crippen LogP contribution in [0.5, 0.6) is 17.4 Å². The third-order valence-electron chi connectivity index (χ3n) is 8.58. The zero-order valence-corrected chi connectivity index (χ0v) is 26.4. The van der Waals surface area contributed by atoms with E-state index in [2.05, 4.69) is 36.9 Å². The second kappa shape index (κ2) is 12.6. The van der Waals surface area contributed by atoms with Gasteiger partial charge < -0.3 is 24.6 Å². The van der Waals surface area contributed by atoms with Gasteiger partial charge in [-0.05, 0) is 67.9 Å². The molecule has 0 aliphatic carbocycles. The van der Waals surface area contributed by atoms with E-state index in [0.29, 0.717) is 71.3 Å². The molecule has 0 spiro atoms. The van der Waals surface area contributed by atoms with Crippen molar-refractivity contribution in [3.63, 3.8) is 0 Å². The minimum absolute atomic E-state index is 0.149. The molecule has 1 N–H and O–H groups in total. The third-order valence-corrected chi connectivity index (χ3v) is 8.58. The molecule has 5 heterocycles. The number of hydrogen-bond acceptors (Lipinski definition) is 10. The van der Waals surface area contributed by atoms with Crippen LogP contribution in [-0.4, -0.2) is 90.5 Å². The largest absolute Gasteiger partial charge is 0.483 e. The summed E-state index contributed by atoms with van der Waals surface area (Å²) >= 11 is 0. The van der Waals surface area contributed by atoms with Crippen LogP contribution in [0.2, 0.25) is 0 Å². The maximum absolute atomic E-state index is 15.4. The molecule has 2 aliphatic heterocycles. The van der Waals surface area contributed by atoms with Gasteiger partial charge in [-0.15, -0.1) is 0 Å². The Hall–Kier alpha value is -5.50. The van der Waals surface area contributed by atoms with Crippen molar-refractivity contribution >= 4 is 39.5 Å². The molecule has 246 valence electrons. The number of amides is 1. The molecule has 2 aromatic carbocycles. The number of rotatable bonds is 8. The second-order valence-corrected chi connectivity index (χ2v) is 11.9. The lowest BCUT2D eigenvalue weighted by Crippen LogP contribution is -2.52. The average molecular weight is 654 g/mol.